The summed E-state index contributed by atoms with van der Waals surface area (Å²) >= 11 is 3.98. The molecule has 102 valence electrons. The first-order valence-corrected chi connectivity index (χ1v) is 8.90. The summed E-state index contributed by atoms with van der Waals surface area (Å²) in [4.78, 5) is 0. The van der Waals surface area contributed by atoms with Crippen molar-refractivity contribution in [2.24, 2.45) is 11.8 Å². The predicted molar refractivity (Wildman–Crippen MR) is 83.6 cm³/mol. The second kappa shape index (κ2) is 6.97. The highest BCUT2D eigenvalue weighted by molar-refractivity contribution is 8.01. The number of thioether (sulfide) groups is 1. The number of rotatable bonds is 5. The van der Waals surface area contributed by atoms with E-state index in [9.17, 15) is 0 Å². The molecule has 4 atom stereocenters. The summed E-state index contributed by atoms with van der Waals surface area (Å²) in [5.74, 6) is 1.68. The molecule has 0 spiro atoms. The van der Waals surface area contributed by atoms with Crippen LogP contribution >= 0.6 is 23.1 Å². The van der Waals surface area contributed by atoms with E-state index in [4.69, 9.17) is 0 Å². The van der Waals surface area contributed by atoms with E-state index in [1.165, 1.54) is 23.5 Å². The highest BCUT2D eigenvalue weighted by Gasteiger charge is 2.34. The largest absolute Gasteiger partial charge is 0.313 e. The van der Waals surface area contributed by atoms with Crippen LogP contribution in [0.4, 0.5) is 0 Å². The Bertz CT molecular complexity index is 336. The third-order valence-electron chi connectivity index (χ3n) is 3.79. The van der Waals surface area contributed by atoms with E-state index in [0.29, 0.717) is 6.04 Å². The van der Waals surface area contributed by atoms with E-state index >= 15 is 0 Å². The molecule has 4 unspecified atom stereocenters. The third-order valence-corrected chi connectivity index (χ3v) is 6.46. The zero-order chi connectivity index (χ0) is 13.0. The molecule has 1 aliphatic carbocycles. The predicted octanol–water partition coefficient (Wildman–Crippen LogP) is 4.64. The Morgan fingerprint density at radius 3 is 2.89 bits per heavy atom. The first kappa shape index (κ1) is 14.4. The molecule has 1 heterocycles. The summed E-state index contributed by atoms with van der Waals surface area (Å²) in [5, 5.41) is 6.71. The lowest BCUT2D eigenvalue weighted by molar-refractivity contribution is 0.249. The highest BCUT2D eigenvalue weighted by atomic mass is 32.2. The lowest BCUT2D eigenvalue weighted by atomic mass is 9.80. The summed E-state index contributed by atoms with van der Waals surface area (Å²) in [5.41, 5.74) is 0. The van der Waals surface area contributed by atoms with Crippen LogP contribution in [0.3, 0.4) is 0 Å². The topological polar surface area (TPSA) is 12.0 Å². The average molecular weight is 284 g/mol. The van der Waals surface area contributed by atoms with Gasteiger partial charge in [-0.3, -0.25) is 0 Å². The van der Waals surface area contributed by atoms with Gasteiger partial charge in [0.1, 0.15) is 0 Å². The SMILES string of the molecule is CCCNC1CC(C)CC(C)C1Sc1cccs1. The summed E-state index contributed by atoms with van der Waals surface area (Å²) in [6.07, 6.45) is 3.95. The van der Waals surface area contributed by atoms with E-state index in [1.54, 1.807) is 0 Å². The quantitative estimate of drug-likeness (QED) is 0.844. The van der Waals surface area contributed by atoms with Crippen LogP contribution in [0, 0.1) is 11.8 Å². The van der Waals surface area contributed by atoms with Crippen molar-refractivity contribution in [3.8, 4) is 0 Å². The van der Waals surface area contributed by atoms with Crippen molar-refractivity contribution in [3.63, 3.8) is 0 Å². The maximum Gasteiger partial charge on any atom is 0.0601 e. The molecule has 2 rings (SSSR count). The van der Waals surface area contributed by atoms with Gasteiger partial charge in [-0.2, -0.15) is 0 Å². The van der Waals surface area contributed by atoms with E-state index in [2.05, 4.69) is 55.4 Å². The molecule has 1 N–H and O–H groups in total. The number of nitrogens with one attached hydrogen (secondary N) is 1. The molecular weight excluding hydrogens is 258 g/mol. The number of hydrogen-bond acceptors (Lipinski definition) is 3. The first-order valence-electron chi connectivity index (χ1n) is 7.14. The molecule has 0 saturated heterocycles. The molecule has 0 radical (unpaired) electrons. The lowest BCUT2D eigenvalue weighted by Crippen LogP contribution is -2.46. The summed E-state index contributed by atoms with van der Waals surface area (Å²) in [6, 6.07) is 5.12. The van der Waals surface area contributed by atoms with E-state index in [-0.39, 0.29) is 0 Å². The van der Waals surface area contributed by atoms with Gasteiger partial charge in [0.25, 0.3) is 0 Å². The van der Waals surface area contributed by atoms with Gasteiger partial charge in [-0.25, -0.2) is 0 Å². The standard InChI is InChI=1S/C15H25NS2/c1-4-7-16-13-10-11(2)9-12(3)15(13)18-14-6-5-8-17-14/h5-6,8,11-13,15-16H,4,7,9-10H2,1-3H3. The Hall–Kier alpha value is 0.01000. The van der Waals surface area contributed by atoms with Gasteiger partial charge in [-0.15, -0.1) is 23.1 Å². The normalized spacial score (nSPS) is 32.6. The molecule has 1 aromatic heterocycles. The van der Waals surface area contributed by atoms with E-state index < -0.39 is 0 Å². The van der Waals surface area contributed by atoms with Crippen molar-refractivity contribution in [1.29, 1.82) is 0 Å². The summed E-state index contributed by atoms with van der Waals surface area (Å²) < 4.78 is 1.48. The van der Waals surface area contributed by atoms with Crippen molar-refractivity contribution < 1.29 is 0 Å². The Kier molecular flexibility index (Phi) is 5.58. The van der Waals surface area contributed by atoms with Gasteiger partial charge in [0.15, 0.2) is 0 Å². The van der Waals surface area contributed by atoms with Gasteiger partial charge < -0.3 is 5.32 Å². The molecular formula is C15H25NS2. The summed E-state index contributed by atoms with van der Waals surface area (Å²) in [6.45, 7) is 8.25. The van der Waals surface area contributed by atoms with Gasteiger partial charge in [0.05, 0.1) is 4.21 Å². The van der Waals surface area contributed by atoms with Crippen LogP contribution in [0.5, 0.6) is 0 Å². The van der Waals surface area contributed by atoms with Crippen molar-refractivity contribution in [1.82, 2.24) is 5.32 Å². The van der Waals surface area contributed by atoms with Crippen molar-refractivity contribution in [2.45, 2.75) is 55.5 Å². The Morgan fingerprint density at radius 2 is 2.22 bits per heavy atom. The van der Waals surface area contributed by atoms with Crippen LogP contribution in [-0.2, 0) is 0 Å². The van der Waals surface area contributed by atoms with Gasteiger partial charge >= 0.3 is 0 Å². The van der Waals surface area contributed by atoms with Gasteiger partial charge in [-0.1, -0.05) is 26.8 Å². The summed E-state index contributed by atoms with van der Waals surface area (Å²) in [7, 11) is 0. The van der Waals surface area contributed by atoms with Crippen LogP contribution in [0.2, 0.25) is 0 Å². The second-order valence-electron chi connectivity index (χ2n) is 5.63. The Labute approximate surface area is 120 Å². The maximum atomic E-state index is 3.78. The fourth-order valence-electron chi connectivity index (χ4n) is 3.02. The Balaban J connectivity index is 2.01. The minimum absolute atomic E-state index is 0.691. The zero-order valence-corrected chi connectivity index (χ0v) is 13.3. The molecule has 1 nitrogen and oxygen atoms in total. The molecule has 1 fully saturated rings. The number of hydrogen-bond donors (Lipinski definition) is 1. The molecule has 0 amide bonds. The first-order chi connectivity index (χ1) is 8.70. The van der Waals surface area contributed by atoms with Crippen molar-refractivity contribution >= 4 is 23.1 Å². The van der Waals surface area contributed by atoms with Crippen LogP contribution in [0.15, 0.2) is 21.7 Å². The minimum atomic E-state index is 0.691. The number of thiophene rings is 1. The molecule has 3 heteroatoms. The van der Waals surface area contributed by atoms with Crippen molar-refractivity contribution in [3.05, 3.63) is 17.5 Å². The van der Waals surface area contributed by atoms with Crippen LogP contribution < -0.4 is 5.32 Å². The minimum Gasteiger partial charge on any atom is -0.313 e. The van der Waals surface area contributed by atoms with Crippen LogP contribution in [-0.4, -0.2) is 17.8 Å². The molecule has 0 aliphatic heterocycles. The smallest absolute Gasteiger partial charge is 0.0601 e. The van der Waals surface area contributed by atoms with Crippen molar-refractivity contribution in [2.75, 3.05) is 6.54 Å². The fourth-order valence-corrected chi connectivity index (χ4v) is 5.33. The molecule has 0 bridgehead atoms. The monoisotopic (exact) mass is 283 g/mol. The highest BCUT2D eigenvalue weighted by Crippen LogP contribution is 2.41. The molecule has 18 heavy (non-hydrogen) atoms. The molecule has 1 aromatic rings. The van der Waals surface area contributed by atoms with Crippen LogP contribution in [0.1, 0.15) is 40.0 Å². The zero-order valence-electron chi connectivity index (χ0n) is 11.7. The van der Waals surface area contributed by atoms with Crippen LogP contribution in [0.25, 0.3) is 0 Å². The lowest BCUT2D eigenvalue weighted by Gasteiger charge is -2.39. The van der Waals surface area contributed by atoms with E-state index in [1.807, 2.05) is 11.3 Å². The van der Waals surface area contributed by atoms with Gasteiger partial charge in [0.2, 0.25) is 0 Å². The fraction of sp³-hybridized carbons (Fsp3) is 0.733. The molecule has 1 aliphatic rings. The second-order valence-corrected chi connectivity index (χ2v) is 8.06. The Morgan fingerprint density at radius 1 is 1.39 bits per heavy atom. The van der Waals surface area contributed by atoms with Gasteiger partial charge in [0, 0.05) is 11.3 Å². The van der Waals surface area contributed by atoms with E-state index in [0.717, 1.165) is 23.6 Å². The maximum absolute atomic E-state index is 3.78. The average Bonchev–Trinajstić information content (AvgIpc) is 2.83. The third kappa shape index (κ3) is 3.75. The van der Waals surface area contributed by atoms with Gasteiger partial charge in [-0.05, 0) is 49.1 Å². The molecule has 0 aromatic carbocycles. The molecule has 1 saturated carbocycles.